The van der Waals surface area contributed by atoms with Gasteiger partial charge < -0.3 is 0 Å². The summed E-state index contributed by atoms with van der Waals surface area (Å²) in [6.45, 7) is 2.10. The Bertz CT molecular complexity index is 197. The molecule has 2 heteroatoms. The highest BCUT2D eigenvalue weighted by Gasteiger charge is 2.37. The van der Waals surface area contributed by atoms with Crippen molar-refractivity contribution in [1.29, 1.82) is 0 Å². The summed E-state index contributed by atoms with van der Waals surface area (Å²) in [5.74, 6) is 0. The van der Waals surface area contributed by atoms with E-state index in [1.54, 1.807) is 6.34 Å². The lowest BCUT2D eigenvalue weighted by atomic mass is 9.94. The first kappa shape index (κ1) is 6.08. The largest absolute Gasteiger partial charge is 0.261 e. The number of aliphatic imine (C=N–C) groups is 2. The van der Waals surface area contributed by atoms with Crippen molar-refractivity contribution in [2.24, 2.45) is 9.98 Å². The molecule has 54 valence electrons. The highest BCUT2D eigenvalue weighted by molar-refractivity contribution is 6.00. The Morgan fingerprint density at radius 2 is 2.10 bits per heavy atom. The molecule has 1 aliphatic heterocycles. The van der Waals surface area contributed by atoms with Crippen molar-refractivity contribution in [2.75, 3.05) is 0 Å². The molecule has 0 aromatic heterocycles. The molecule has 0 aromatic carbocycles. The van der Waals surface area contributed by atoms with Crippen LogP contribution in [0, 0.1) is 0 Å². The minimum atomic E-state index is 0.167. The third kappa shape index (κ3) is 0.648. The van der Waals surface area contributed by atoms with E-state index in [0.717, 1.165) is 0 Å². The summed E-state index contributed by atoms with van der Waals surface area (Å²) in [6.07, 6.45) is 6.81. The Morgan fingerprint density at radius 1 is 1.40 bits per heavy atom. The first-order valence-corrected chi connectivity index (χ1v) is 3.92. The Kier molecular flexibility index (Phi) is 1.16. The molecule has 0 atom stereocenters. The number of nitrogens with zero attached hydrogens (tertiary/aromatic N) is 2. The predicted octanol–water partition coefficient (Wildman–Crippen LogP) is 1.80. The van der Waals surface area contributed by atoms with E-state index in [0.29, 0.717) is 0 Å². The van der Waals surface area contributed by atoms with E-state index >= 15 is 0 Å². The normalized spacial score (nSPS) is 27.9. The van der Waals surface area contributed by atoms with E-state index in [2.05, 4.69) is 16.9 Å². The Morgan fingerprint density at radius 3 is 2.60 bits per heavy atom. The Labute approximate surface area is 61.1 Å². The van der Waals surface area contributed by atoms with Crippen LogP contribution < -0.4 is 0 Å². The average molecular weight is 136 g/mol. The van der Waals surface area contributed by atoms with E-state index in [1.807, 2.05) is 0 Å². The lowest BCUT2D eigenvalue weighted by molar-refractivity contribution is 0.602. The molecule has 0 saturated heterocycles. The monoisotopic (exact) mass is 136 g/mol. The van der Waals surface area contributed by atoms with Crippen molar-refractivity contribution in [3.05, 3.63) is 0 Å². The predicted molar refractivity (Wildman–Crippen MR) is 42.8 cm³/mol. The summed E-state index contributed by atoms with van der Waals surface area (Å²) in [6, 6.07) is 0. The fraction of sp³-hybridized carbons (Fsp3) is 0.750. The zero-order valence-electron chi connectivity index (χ0n) is 6.30. The number of hydrogen-bond acceptors (Lipinski definition) is 2. The summed E-state index contributed by atoms with van der Waals surface area (Å²) in [4.78, 5) is 8.62. The van der Waals surface area contributed by atoms with Crippen LogP contribution in [0.3, 0.4) is 0 Å². The summed E-state index contributed by atoms with van der Waals surface area (Å²) < 4.78 is 0. The molecule has 0 aromatic rings. The van der Waals surface area contributed by atoms with E-state index in [-0.39, 0.29) is 5.54 Å². The van der Waals surface area contributed by atoms with Crippen LogP contribution in [0.4, 0.5) is 0 Å². The molecule has 1 fully saturated rings. The van der Waals surface area contributed by atoms with Crippen molar-refractivity contribution < 1.29 is 0 Å². The fourth-order valence-electron chi connectivity index (χ4n) is 1.89. The second-order valence-corrected chi connectivity index (χ2v) is 3.20. The van der Waals surface area contributed by atoms with Gasteiger partial charge in [0.25, 0.3) is 0 Å². The summed E-state index contributed by atoms with van der Waals surface area (Å²) in [7, 11) is 0. The lowest BCUT2D eigenvalue weighted by Gasteiger charge is -2.18. The summed E-state index contributed by atoms with van der Waals surface area (Å²) in [5.41, 5.74) is 1.39. The van der Waals surface area contributed by atoms with Crippen LogP contribution >= 0.6 is 0 Å². The Hall–Kier alpha value is -0.660. The third-order valence-corrected chi connectivity index (χ3v) is 2.66. The molecule has 2 nitrogen and oxygen atoms in total. The second-order valence-electron chi connectivity index (χ2n) is 3.20. The highest BCUT2D eigenvalue weighted by atomic mass is 15.0. The molecule has 10 heavy (non-hydrogen) atoms. The van der Waals surface area contributed by atoms with Gasteiger partial charge >= 0.3 is 0 Å². The molecule has 1 aliphatic carbocycles. The van der Waals surface area contributed by atoms with Crippen molar-refractivity contribution in [1.82, 2.24) is 0 Å². The van der Waals surface area contributed by atoms with Gasteiger partial charge in [0.1, 0.15) is 11.9 Å². The van der Waals surface area contributed by atoms with E-state index in [9.17, 15) is 0 Å². The van der Waals surface area contributed by atoms with Gasteiger partial charge in [-0.1, -0.05) is 12.8 Å². The van der Waals surface area contributed by atoms with Crippen molar-refractivity contribution in [3.8, 4) is 0 Å². The fourth-order valence-corrected chi connectivity index (χ4v) is 1.89. The van der Waals surface area contributed by atoms with Crippen LogP contribution in [-0.2, 0) is 0 Å². The van der Waals surface area contributed by atoms with Crippen LogP contribution in [0.15, 0.2) is 9.98 Å². The summed E-state index contributed by atoms with van der Waals surface area (Å²) in [5, 5.41) is 0. The maximum atomic E-state index is 4.42. The molecule has 1 heterocycles. The first-order chi connectivity index (χ1) is 4.83. The standard InChI is InChI=1S/C8H12N2/c1-7-8(10-6-9-7)4-2-3-5-8/h6H,2-5H2,1H3. The van der Waals surface area contributed by atoms with Gasteiger partial charge in [0.15, 0.2) is 0 Å². The first-order valence-electron chi connectivity index (χ1n) is 3.92. The van der Waals surface area contributed by atoms with Gasteiger partial charge in [0.05, 0.1) is 0 Å². The van der Waals surface area contributed by atoms with E-state index in [4.69, 9.17) is 0 Å². The van der Waals surface area contributed by atoms with Crippen molar-refractivity contribution >= 4 is 12.1 Å². The smallest absolute Gasteiger partial charge is 0.111 e. The maximum Gasteiger partial charge on any atom is 0.111 e. The zero-order valence-corrected chi connectivity index (χ0v) is 6.30. The van der Waals surface area contributed by atoms with E-state index in [1.165, 1.54) is 31.4 Å². The molecule has 1 spiro atoms. The van der Waals surface area contributed by atoms with Gasteiger partial charge in [-0.15, -0.1) is 0 Å². The topological polar surface area (TPSA) is 24.7 Å². The lowest BCUT2D eigenvalue weighted by Crippen LogP contribution is -2.28. The molecule has 2 rings (SSSR count). The van der Waals surface area contributed by atoms with Gasteiger partial charge in [0.2, 0.25) is 0 Å². The highest BCUT2D eigenvalue weighted by Crippen LogP contribution is 2.36. The van der Waals surface area contributed by atoms with Gasteiger partial charge in [-0.05, 0) is 19.8 Å². The van der Waals surface area contributed by atoms with Gasteiger partial charge in [-0.25, -0.2) is 4.99 Å². The quantitative estimate of drug-likeness (QED) is 0.485. The summed E-state index contributed by atoms with van der Waals surface area (Å²) >= 11 is 0. The van der Waals surface area contributed by atoms with Crippen LogP contribution in [0.2, 0.25) is 0 Å². The molecule has 0 unspecified atom stereocenters. The molecule has 0 amide bonds. The average Bonchev–Trinajstić information content (AvgIpc) is 2.48. The van der Waals surface area contributed by atoms with E-state index < -0.39 is 0 Å². The minimum Gasteiger partial charge on any atom is -0.261 e. The number of rotatable bonds is 0. The second kappa shape index (κ2) is 1.91. The van der Waals surface area contributed by atoms with Gasteiger partial charge in [-0.3, -0.25) is 4.99 Å². The Balaban J connectivity index is 2.29. The van der Waals surface area contributed by atoms with Gasteiger partial charge in [-0.2, -0.15) is 0 Å². The molecule has 0 radical (unpaired) electrons. The number of hydrogen-bond donors (Lipinski definition) is 0. The van der Waals surface area contributed by atoms with Crippen molar-refractivity contribution in [2.45, 2.75) is 38.1 Å². The molecule has 0 bridgehead atoms. The van der Waals surface area contributed by atoms with Crippen LogP contribution in [0.5, 0.6) is 0 Å². The van der Waals surface area contributed by atoms with Crippen LogP contribution in [0.1, 0.15) is 32.6 Å². The van der Waals surface area contributed by atoms with Crippen LogP contribution in [0.25, 0.3) is 0 Å². The van der Waals surface area contributed by atoms with Crippen molar-refractivity contribution in [3.63, 3.8) is 0 Å². The minimum absolute atomic E-state index is 0.167. The van der Waals surface area contributed by atoms with Gasteiger partial charge in [0, 0.05) is 5.71 Å². The van der Waals surface area contributed by atoms with Crippen LogP contribution in [-0.4, -0.2) is 17.6 Å². The maximum absolute atomic E-state index is 4.42. The zero-order chi connectivity index (χ0) is 7.03. The molecule has 0 N–H and O–H groups in total. The third-order valence-electron chi connectivity index (χ3n) is 2.66. The molecule has 2 aliphatic rings. The molecule has 1 saturated carbocycles. The molecular weight excluding hydrogens is 124 g/mol. The SMILES string of the molecule is CC1=NC=NC12CCCC2. The molecular formula is C8H12N2.